The van der Waals surface area contributed by atoms with Gasteiger partial charge in [0.05, 0.1) is 13.2 Å². The lowest BCUT2D eigenvalue weighted by Crippen LogP contribution is -2.56. The van der Waals surface area contributed by atoms with Crippen LogP contribution in [-0.2, 0) is 44.7 Å². The van der Waals surface area contributed by atoms with E-state index < -0.39 is 53.6 Å². The predicted octanol–water partition coefficient (Wildman–Crippen LogP) is 2.01. The molecule has 2 atom stereocenters. The Bertz CT molecular complexity index is 1030. The summed E-state index contributed by atoms with van der Waals surface area (Å²) in [4.78, 5) is 74.3. The van der Waals surface area contributed by atoms with Gasteiger partial charge >= 0.3 is 24.1 Å². The Morgan fingerprint density at radius 1 is 0.707 bits per heavy atom. The fourth-order valence-electron chi connectivity index (χ4n) is 3.21. The van der Waals surface area contributed by atoms with Crippen LogP contribution in [-0.4, -0.2) is 66.8 Å². The molecule has 0 aromatic heterocycles. The van der Waals surface area contributed by atoms with Gasteiger partial charge in [0.2, 0.25) is 5.91 Å². The van der Waals surface area contributed by atoms with Crippen LogP contribution in [0.4, 0.5) is 9.59 Å². The van der Waals surface area contributed by atoms with E-state index in [0.717, 1.165) is 0 Å². The molecular formula is C27H40N4O10. The van der Waals surface area contributed by atoms with Crippen LogP contribution >= 0.6 is 0 Å². The number of carbonyl (C=O) groups excluding carboxylic acids is 6. The van der Waals surface area contributed by atoms with Gasteiger partial charge in [0, 0.05) is 12.8 Å². The largest absolute Gasteiger partial charge is 0.466 e. The molecule has 0 aliphatic carbocycles. The lowest BCUT2D eigenvalue weighted by Gasteiger charge is -2.24. The number of rotatable bonds is 14. The SMILES string of the molecule is CCOC(=O)CCC(NC(=O)OCc1ccccc1)C(=O)NC(CCC(=O)OCC)C(=O)NNC(=O)OC(C)(C)C. The maximum Gasteiger partial charge on any atom is 0.426 e. The Kier molecular flexibility index (Phi) is 15.3. The van der Waals surface area contributed by atoms with Crippen LogP contribution in [0.5, 0.6) is 0 Å². The molecule has 14 heteroatoms. The number of benzene rings is 1. The Morgan fingerprint density at radius 3 is 1.76 bits per heavy atom. The molecule has 228 valence electrons. The van der Waals surface area contributed by atoms with Gasteiger partial charge in [-0.25, -0.2) is 15.0 Å². The van der Waals surface area contributed by atoms with Gasteiger partial charge in [-0.05, 0) is 53.0 Å². The van der Waals surface area contributed by atoms with E-state index in [9.17, 15) is 28.8 Å². The molecule has 0 spiro atoms. The molecule has 1 rings (SSSR count). The first kappa shape index (κ1) is 34.7. The first-order valence-electron chi connectivity index (χ1n) is 13.2. The van der Waals surface area contributed by atoms with Crippen molar-refractivity contribution in [3.05, 3.63) is 35.9 Å². The van der Waals surface area contributed by atoms with Crippen molar-refractivity contribution < 1.29 is 47.7 Å². The first-order chi connectivity index (χ1) is 19.3. The summed E-state index contributed by atoms with van der Waals surface area (Å²) in [5.74, 6) is -2.92. The van der Waals surface area contributed by atoms with E-state index in [1.54, 1.807) is 65.0 Å². The minimum absolute atomic E-state index is 0.0696. The lowest BCUT2D eigenvalue weighted by molar-refractivity contribution is -0.145. The zero-order valence-corrected chi connectivity index (χ0v) is 24.1. The van der Waals surface area contributed by atoms with Crippen molar-refractivity contribution in [2.45, 2.75) is 84.6 Å². The molecule has 14 nitrogen and oxygen atoms in total. The fraction of sp³-hybridized carbons (Fsp3) is 0.556. The smallest absolute Gasteiger partial charge is 0.426 e. The number of carbonyl (C=O) groups is 6. The van der Waals surface area contributed by atoms with Crippen molar-refractivity contribution in [2.75, 3.05) is 13.2 Å². The summed E-state index contributed by atoms with van der Waals surface area (Å²) in [7, 11) is 0. The molecule has 0 aliphatic rings. The number of esters is 2. The Morgan fingerprint density at radius 2 is 1.24 bits per heavy atom. The second-order valence-corrected chi connectivity index (χ2v) is 9.62. The van der Waals surface area contributed by atoms with Crippen LogP contribution in [0.3, 0.4) is 0 Å². The molecule has 2 unspecified atom stereocenters. The van der Waals surface area contributed by atoms with Crippen LogP contribution in [0.2, 0.25) is 0 Å². The molecule has 1 aromatic carbocycles. The zero-order valence-electron chi connectivity index (χ0n) is 24.1. The third kappa shape index (κ3) is 15.7. The highest BCUT2D eigenvalue weighted by molar-refractivity contribution is 5.92. The van der Waals surface area contributed by atoms with E-state index in [0.29, 0.717) is 5.56 Å². The maximum atomic E-state index is 13.2. The molecule has 0 heterocycles. The van der Waals surface area contributed by atoms with Gasteiger partial charge in [0.25, 0.3) is 5.91 Å². The summed E-state index contributed by atoms with van der Waals surface area (Å²) in [6.45, 7) is 8.31. The molecule has 0 bridgehead atoms. The number of hydrogen-bond acceptors (Lipinski definition) is 10. The number of amides is 4. The second kappa shape index (κ2) is 18.1. The number of alkyl carbamates (subject to hydrolysis) is 1. The Hall–Kier alpha value is -4.36. The van der Waals surface area contributed by atoms with Gasteiger partial charge in [-0.2, -0.15) is 0 Å². The summed E-state index contributed by atoms with van der Waals surface area (Å²) in [5, 5.41) is 4.84. The molecule has 0 saturated carbocycles. The molecular weight excluding hydrogens is 540 g/mol. The summed E-state index contributed by atoms with van der Waals surface area (Å²) in [5.41, 5.74) is 4.09. The van der Waals surface area contributed by atoms with E-state index in [-0.39, 0.29) is 45.5 Å². The molecule has 4 N–H and O–H groups in total. The average molecular weight is 581 g/mol. The van der Waals surface area contributed by atoms with Gasteiger partial charge < -0.3 is 29.6 Å². The fourth-order valence-corrected chi connectivity index (χ4v) is 3.21. The van der Waals surface area contributed by atoms with Crippen molar-refractivity contribution in [1.82, 2.24) is 21.5 Å². The van der Waals surface area contributed by atoms with Crippen molar-refractivity contribution in [2.24, 2.45) is 0 Å². The number of hydrazine groups is 1. The maximum absolute atomic E-state index is 13.2. The quantitative estimate of drug-likeness (QED) is 0.144. The minimum atomic E-state index is -1.34. The zero-order chi connectivity index (χ0) is 30.8. The van der Waals surface area contributed by atoms with Crippen LogP contribution in [0.25, 0.3) is 0 Å². The minimum Gasteiger partial charge on any atom is -0.466 e. The number of hydrogen-bond donors (Lipinski definition) is 4. The summed E-state index contributed by atoms with van der Waals surface area (Å²) in [6.07, 6.45) is -2.71. The van der Waals surface area contributed by atoms with Gasteiger partial charge in [0.1, 0.15) is 24.3 Å². The van der Waals surface area contributed by atoms with E-state index in [2.05, 4.69) is 21.5 Å². The molecule has 41 heavy (non-hydrogen) atoms. The van der Waals surface area contributed by atoms with Crippen LogP contribution < -0.4 is 21.5 Å². The highest BCUT2D eigenvalue weighted by atomic mass is 16.6. The van der Waals surface area contributed by atoms with Crippen LogP contribution in [0.15, 0.2) is 30.3 Å². The Labute approximate surface area is 239 Å². The number of nitrogens with one attached hydrogen (secondary N) is 4. The summed E-state index contributed by atoms with van der Waals surface area (Å²) >= 11 is 0. The van der Waals surface area contributed by atoms with Crippen LogP contribution in [0.1, 0.15) is 65.9 Å². The standard InChI is InChI=1S/C27H40N4O10/c1-6-38-21(32)15-13-19(29-25(36)40-17-18-11-9-8-10-12-18)23(34)28-20(14-16-22(33)39-7-2)24(35)30-31-26(37)41-27(3,4)5/h8-12,19-20H,6-7,13-17H2,1-5H3,(H,28,34)(H,29,36)(H,30,35)(H,31,37). The highest BCUT2D eigenvalue weighted by Gasteiger charge is 2.29. The molecule has 0 saturated heterocycles. The van der Waals surface area contributed by atoms with E-state index in [1.807, 2.05) is 0 Å². The van der Waals surface area contributed by atoms with E-state index in [1.165, 1.54) is 0 Å². The lowest BCUT2D eigenvalue weighted by atomic mass is 10.1. The van der Waals surface area contributed by atoms with Crippen molar-refractivity contribution in [3.8, 4) is 0 Å². The van der Waals surface area contributed by atoms with Gasteiger partial charge in [-0.15, -0.1) is 0 Å². The van der Waals surface area contributed by atoms with Gasteiger partial charge in [-0.1, -0.05) is 30.3 Å². The third-order valence-corrected chi connectivity index (χ3v) is 5.03. The number of ether oxygens (including phenoxy) is 4. The molecule has 4 amide bonds. The van der Waals surface area contributed by atoms with Gasteiger partial charge in [0.15, 0.2) is 0 Å². The van der Waals surface area contributed by atoms with Crippen molar-refractivity contribution in [3.63, 3.8) is 0 Å². The average Bonchev–Trinajstić information content (AvgIpc) is 2.90. The summed E-state index contributed by atoms with van der Waals surface area (Å²) in [6, 6.07) is 6.19. The molecule has 1 aromatic rings. The van der Waals surface area contributed by atoms with Gasteiger partial charge in [-0.3, -0.25) is 24.6 Å². The molecule has 0 radical (unpaired) electrons. The van der Waals surface area contributed by atoms with Crippen LogP contribution in [0, 0.1) is 0 Å². The first-order valence-corrected chi connectivity index (χ1v) is 13.2. The van der Waals surface area contributed by atoms with E-state index in [4.69, 9.17) is 18.9 Å². The topological polar surface area (TPSA) is 187 Å². The second-order valence-electron chi connectivity index (χ2n) is 9.62. The normalized spacial score (nSPS) is 12.1. The summed E-state index contributed by atoms with van der Waals surface area (Å²) < 4.78 is 20.0. The van der Waals surface area contributed by atoms with Crippen molar-refractivity contribution >= 4 is 35.9 Å². The monoisotopic (exact) mass is 580 g/mol. The highest BCUT2D eigenvalue weighted by Crippen LogP contribution is 2.08. The molecule has 0 aliphatic heterocycles. The Balaban J connectivity index is 2.97. The third-order valence-electron chi connectivity index (χ3n) is 5.03. The molecule has 0 fully saturated rings. The van der Waals surface area contributed by atoms with E-state index >= 15 is 0 Å². The van der Waals surface area contributed by atoms with Crippen molar-refractivity contribution in [1.29, 1.82) is 0 Å². The predicted molar refractivity (Wildman–Crippen MR) is 145 cm³/mol.